The normalized spacial score (nSPS) is 15.7. The zero-order valence-electron chi connectivity index (χ0n) is 22.0. The van der Waals surface area contributed by atoms with Crippen LogP contribution in [0.4, 0.5) is 5.69 Å². The van der Waals surface area contributed by atoms with Crippen LogP contribution < -0.4 is 19.1 Å². The summed E-state index contributed by atoms with van der Waals surface area (Å²) in [5.41, 5.74) is 0.964. The van der Waals surface area contributed by atoms with Crippen LogP contribution in [0.5, 0.6) is 11.5 Å². The van der Waals surface area contributed by atoms with Crippen molar-refractivity contribution in [3.8, 4) is 11.5 Å². The number of nitrogens with one attached hydrogen (secondary N) is 1. The predicted molar refractivity (Wildman–Crippen MR) is 151 cm³/mol. The average molecular weight is 599 g/mol. The van der Waals surface area contributed by atoms with E-state index in [4.69, 9.17) is 32.7 Å². The lowest BCUT2D eigenvalue weighted by molar-refractivity contribution is -0.140. The minimum absolute atomic E-state index is 0.0136. The molecule has 9 nitrogen and oxygen atoms in total. The van der Waals surface area contributed by atoms with Crippen molar-refractivity contribution in [2.75, 3.05) is 23.9 Å². The summed E-state index contributed by atoms with van der Waals surface area (Å²) in [6, 6.07) is 9.31. The van der Waals surface area contributed by atoms with Gasteiger partial charge >= 0.3 is 0 Å². The Labute approximate surface area is 239 Å². The lowest BCUT2D eigenvalue weighted by Crippen LogP contribution is -2.49. The molecule has 1 aliphatic carbocycles. The fourth-order valence-corrected chi connectivity index (χ4v) is 6.35. The zero-order valence-corrected chi connectivity index (χ0v) is 24.3. The first kappa shape index (κ1) is 29.3. The molecule has 0 bridgehead atoms. The summed E-state index contributed by atoms with van der Waals surface area (Å²) >= 11 is 12.8. The fourth-order valence-electron chi connectivity index (χ4n) is 4.87. The van der Waals surface area contributed by atoms with Crippen LogP contribution in [0.3, 0.4) is 0 Å². The van der Waals surface area contributed by atoms with Gasteiger partial charge in [-0.05, 0) is 50.5 Å². The number of benzene rings is 2. The first-order chi connectivity index (χ1) is 18.5. The van der Waals surface area contributed by atoms with Gasteiger partial charge in [0.25, 0.3) is 0 Å². The van der Waals surface area contributed by atoms with Crippen LogP contribution in [0.1, 0.15) is 51.0 Å². The van der Waals surface area contributed by atoms with Gasteiger partial charge in [0.05, 0.1) is 11.9 Å². The number of carbonyl (C=O) groups is 2. The van der Waals surface area contributed by atoms with Gasteiger partial charge in [0.15, 0.2) is 11.5 Å². The van der Waals surface area contributed by atoms with Gasteiger partial charge in [0.2, 0.25) is 28.6 Å². The number of halogens is 2. The van der Waals surface area contributed by atoms with Crippen molar-refractivity contribution >= 4 is 50.7 Å². The second-order valence-corrected chi connectivity index (χ2v) is 12.6. The van der Waals surface area contributed by atoms with E-state index in [2.05, 4.69) is 5.32 Å². The largest absolute Gasteiger partial charge is 0.454 e. The molecule has 2 aromatic rings. The molecule has 12 heteroatoms. The number of hydrogen-bond donors (Lipinski definition) is 1. The lowest BCUT2D eigenvalue weighted by atomic mass is 10.1. The molecule has 2 aromatic carbocycles. The second-order valence-electron chi connectivity index (χ2n) is 9.86. The van der Waals surface area contributed by atoms with Crippen molar-refractivity contribution in [1.29, 1.82) is 0 Å². The predicted octanol–water partition coefficient (Wildman–Crippen LogP) is 4.74. The van der Waals surface area contributed by atoms with E-state index >= 15 is 0 Å². The third-order valence-corrected chi connectivity index (χ3v) is 8.96. The van der Waals surface area contributed by atoms with Crippen LogP contribution in [0, 0.1) is 0 Å². The molecule has 212 valence electrons. The standard InChI is InChI=1S/C27H33Cl2N3O6S/c1-18(27(34)30-19-7-3-4-8-19)31(16-21-22(28)9-5-10-23(21)29)26(33)11-6-14-32(39(2,35)36)20-12-13-24-25(15-20)38-17-37-24/h5,9-10,12-13,15,18-19H,3-4,6-8,11,14,16-17H2,1-2H3,(H,30,34)/t18-/m1/s1. The highest BCUT2D eigenvalue weighted by atomic mass is 35.5. The highest BCUT2D eigenvalue weighted by molar-refractivity contribution is 7.92. The number of hydrogen-bond acceptors (Lipinski definition) is 6. The summed E-state index contributed by atoms with van der Waals surface area (Å²) in [4.78, 5) is 28.1. The van der Waals surface area contributed by atoms with Crippen LogP contribution in [-0.2, 0) is 26.2 Å². The molecule has 1 heterocycles. The highest BCUT2D eigenvalue weighted by Crippen LogP contribution is 2.36. The number of sulfonamides is 1. The van der Waals surface area contributed by atoms with E-state index in [0.717, 1.165) is 31.9 Å². The molecule has 0 unspecified atom stereocenters. The van der Waals surface area contributed by atoms with Gasteiger partial charge in [-0.1, -0.05) is 42.1 Å². The Hall–Kier alpha value is -2.69. The highest BCUT2D eigenvalue weighted by Gasteiger charge is 2.30. The molecule has 2 amide bonds. The zero-order chi connectivity index (χ0) is 28.2. The fraction of sp³-hybridized carbons (Fsp3) is 0.481. The molecule has 0 aromatic heterocycles. The topological polar surface area (TPSA) is 105 Å². The van der Waals surface area contributed by atoms with Crippen molar-refractivity contribution in [2.45, 2.75) is 64.1 Å². The molecule has 1 atom stereocenters. The molecule has 39 heavy (non-hydrogen) atoms. The second kappa shape index (κ2) is 12.7. The first-order valence-electron chi connectivity index (χ1n) is 12.9. The van der Waals surface area contributed by atoms with E-state index in [1.807, 2.05) is 0 Å². The quantitative estimate of drug-likeness (QED) is 0.401. The summed E-state index contributed by atoms with van der Waals surface area (Å²) in [6.07, 6.45) is 5.33. The van der Waals surface area contributed by atoms with E-state index in [9.17, 15) is 18.0 Å². The van der Waals surface area contributed by atoms with Gasteiger partial charge < -0.3 is 19.7 Å². The maximum absolute atomic E-state index is 13.5. The smallest absolute Gasteiger partial charge is 0.242 e. The molecule has 0 spiro atoms. The third-order valence-electron chi connectivity index (χ3n) is 7.06. The molecule has 1 saturated carbocycles. The first-order valence-corrected chi connectivity index (χ1v) is 15.5. The number of carbonyl (C=O) groups excluding carboxylic acids is 2. The Morgan fingerprint density at radius 2 is 1.74 bits per heavy atom. The summed E-state index contributed by atoms with van der Waals surface area (Å²) in [5, 5.41) is 3.85. The van der Waals surface area contributed by atoms with Crippen molar-refractivity contribution < 1.29 is 27.5 Å². The van der Waals surface area contributed by atoms with E-state index < -0.39 is 16.1 Å². The molecule has 0 saturated heterocycles. The monoisotopic (exact) mass is 597 g/mol. The van der Waals surface area contributed by atoms with Crippen molar-refractivity contribution in [3.05, 3.63) is 52.0 Å². The van der Waals surface area contributed by atoms with Gasteiger partial charge in [-0.3, -0.25) is 13.9 Å². The number of rotatable bonds is 11. The summed E-state index contributed by atoms with van der Waals surface area (Å²) in [5.74, 6) is 0.457. The van der Waals surface area contributed by atoms with Crippen molar-refractivity contribution in [1.82, 2.24) is 10.2 Å². The van der Waals surface area contributed by atoms with Crippen LogP contribution in [0.25, 0.3) is 0 Å². The summed E-state index contributed by atoms with van der Waals surface area (Å²) < 4.78 is 37.1. The summed E-state index contributed by atoms with van der Waals surface area (Å²) in [7, 11) is -3.64. The Bertz CT molecular complexity index is 1300. The molecule has 1 fully saturated rings. The number of anilines is 1. The molecule has 2 aliphatic rings. The number of amides is 2. The van der Waals surface area contributed by atoms with Gasteiger partial charge in [0, 0.05) is 47.2 Å². The Kier molecular flexibility index (Phi) is 9.51. The molecular formula is C27H33Cl2N3O6S. The maximum atomic E-state index is 13.5. The van der Waals surface area contributed by atoms with Gasteiger partial charge in [-0.25, -0.2) is 8.42 Å². The average Bonchev–Trinajstić information content (AvgIpc) is 3.57. The van der Waals surface area contributed by atoms with E-state index in [0.29, 0.717) is 32.8 Å². The van der Waals surface area contributed by atoms with Gasteiger partial charge in [-0.15, -0.1) is 0 Å². The van der Waals surface area contributed by atoms with Gasteiger partial charge in [-0.2, -0.15) is 0 Å². The van der Waals surface area contributed by atoms with Crippen LogP contribution in [0.15, 0.2) is 36.4 Å². The van der Waals surface area contributed by atoms with Crippen LogP contribution >= 0.6 is 23.2 Å². The Morgan fingerprint density at radius 1 is 1.08 bits per heavy atom. The SMILES string of the molecule is C[C@H](C(=O)NC1CCCC1)N(Cc1c(Cl)cccc1Cl)C(=O)CCCN(c1ccc2c(c1)OCO2)S(C)(=O)=O. The van der Waals surface area contributed by atoms with Crippen molar-refractivity contribution in [3.63, 3.8) is 0 Å². The minimum atomic E-state index is -3.64. The van der Waals surface area contributed by atoms with Crippen LogP contribution in [0.2, 0.25) is 10.0 Å². The molecular weight excluding hydrogens is 565 g/mol. The number of ether oxygens (including phenoxy) is 2. The van der Waals surface area contributed by atoms with E-state index in [1.165, 1.54) is 9.21 Å². The van der Waals surface area contributed by atoms with Crippen molar-refractivity contribution in [2.24, 2.45) is 0 Å². The molecule has 4 rings (SSSR count). The third kappa shape index (κ3) is 7.29. The lowest BCUT2D eigenvalue weighted by Gasteiger charge is -2.30. The summed E-state index contributed by atoms with van der Waals surface area (Å²) in [6.45, 7) is 1.87. The van der Waals surface area contributed by atoms with E-state index in [-0.39, 0.29) is 50.6 Å². The molecule has 0 radical (unpaired) electrons. The number of nitrogens with zero attached hydrogens (tertiary/aromatic N) is 2. The van der Waals surface area contributed by atoms with Gasteiger partial charge in [0.1, 0.15) is 6.04 Å². The number of fused-ring (bicyclic) bond motifs is 1. The van der Waals surface area contributed by atoms with E-state index in [1.54, 1.807) is 43.3 Å². The van der Waals surface area contributed by atoms with Crippen LogP contribution in [-0.4, -0.2) is 56.8 Å². The Morgan fingerprint density at radius 3 is 2.41 bits per heavy atom. The Balaban J connectivity index is 1.48. The molecule has 1 aliphatic heterocycles. The maximum Gasteiger partial charge on any atom is 0.242 e. The minimum Gasteiger partial charge on any atom is -0.454 e. The molecule has 1 N–H and O–H groups in total.